The molecule has 0 saturated carbocycles. The molecule has 0 aromatic heterocycles. The van der Waals surface area contributed by atoms with Crippen LogP contribution in [0.2, 0.25) is 0 Å². The Morgan fingerprint density at radius 1 is 1.62 bits per heavy atom. The van der Waals surface area contributed by atoms with E-state index in [2.05, 4.69) is 20.8 Å². The SMILES string of the molecule is [CH2]CON(C)C(C)C. The Morgan fingerprint density at radius 2 is 2.12 bits per heavy atom. The Hall–Kier alpha value is -0.0800. The number of nitrogens with zero attached hydrogens (tertiary/aromatic N) is 1. The van der Waals surface area contributed by atoms with Gasteiger partial charge in [0.2, 0.25) is 0 Å². The molecule has 0 aliphatic heterocycles. The van der Waals surface area contributed by atoms with Gasteiger partial charge < -0.3 is 0 Å². The Morgan fingerprint density at radius 3 is 2.25 bits per heavy atom. The van der Waals surface area contributed by atoms with Crippen LogP contribution in [0.3, 0.4) is 0 Å². The summed E-state index contributed by atoms with van der Waals surface area (Å²) >= 11 is 0. The number of rotatable bonds is 3. The maximum absolute atomic E-state index is 5.03. The van der Waals surface area contributed by atoms with Gasteiger partial charge in [0.15, 0.2) is 0 Å². The van der Waals surface area contributed by atoms with Crippen LogP contribution in [0.15, 0.2) is 0 Å². The van der Waals surface area contributed by atoms with E-state index in [0.29, 0.717) is 12.6 Å². The summed E-state index contributed by atoms with van der Waals surface area (Å²) in [6, 6.07) is 0.441. The van der Waals surface area contributed by atoms with Gasteiger partial charge in [0, 0.05) is 13.1 Å². The zero-order valence-corrected chi connectivity index (χ0v) is 5.85. The first-order chi connectivity index (χ1) is 3.68. The molecule has 0 aliphatic carbocycles. The van der Waals surface area contributed by atoms with Gasteiger partial charge in [0.1, 0.15) is 0 Å². The predicted molar refractivity (Wildman–Crippen MR) is 34.2 cm³/mol. The van der Waals surface area contributed by atoms with Gasteiger partial charge in [-0.25, -0.2) is 0 Å². The first-order valence-electron chi connectivity index (χ1n) is 2.83. The number of hydroxylamine groups is 2. The van der Waals surface area contributed by atoms with Gasteiger partial charge >= 0.3 is 0 Å². The first-order valence-corrected chi connectivity index (χ1v) is 2.83. The molecule has 0 spiro atoms. The molecule has 0 heterocycles. The average Bonchev–Trinajstić information content (AvgIpc) is 1.67. The molecule has 0 rings (SSSR count). The fourth-order valence-corrected chi connectivity index (χ4v) is 0.293. The van der Waals surface area contributed by atoms with Crippen LogP contribution in [0.4, 0.5) is 0 Å². The van der Waals surface area contributed by atoms with Crippen LogP contribution in [0.1, 0.15) is 13.8 Å². The maximum atomic E-state index is 5.03. The van der Waals surface area contributed by atoms with Gasteiger partial charge in [0.05, 0.1) is 6.61 Å². The summed E-state index contributed by atoms with van der Waals surface area (Å²) in [7, 11) is 1.90. The van der Waals surface area contributed by atoms with E-state index in [9.17, 15) is 0 Å². The molecule has 0 saturated heterocycles. The highest BCUT2D eigenvalue weighted by atomic mass is 16.7. The largest absolute Gasteiger partial charge is 0.299 e. The molecule has 2 nitrogen and oxygen atoms in total. The van der Waals surface area contributed by atoms with Gasteiger partial charge in [-0.05, 0) is 20.8 Å². The van der Waals surface area contributed by atoms with Gasteiger partial charge in [-0.1, -0.05) is 0 Å². The molecular weight excluding hydrogens is 102 g/mol. The lowest BCUT2D eigenvalue weighted by Gasteiger charge is -2.18. The summed E-state index contributed by atoms with van der Waals surface area (Å²) in [5, 5.41) is 1.78. The van der Waals surface area contributed by atoms with Crippen LogP contribution in [0.25, 0.3) is 0 Å². The fourth-order valence-electron chi connectivity index (χ4n) is 0.293. The van der Waals surface area contributed by atoms with Gasteiger partial charge in [-0.3, -0.25) is 4.84 Å². The van der Waals surface area contributed by atoms with Crippen LogP contribution in [-0.2, 0) is 4.84 Å². The van der Waals surface area contributed by atoms with E-state index >= 15 is 0 Å². The lowest BCUT2D eigenvalue weighted by molar-refractivity contribution is -0.149. The van der Waals surface area contributed by atoms with Crippen LogP contribution in [0, 0.1) is 6.92 Å². The molecule has 2 heteroatoms. The fraction of sp³-hybridized carbons (Fsp3) is 0.833. The van der Waals surface area contributed by atoms with Crippen molar-refractivity contribution in [1.29, 1.82) is 0 Å². The van der Waals surface area contributed by atoms with E-state index in [1.165, 1.54) is 0 Å². The lowest BCUT2D eigenvalue weighted by atomic mass is 10.4. The minimum atomic E-state index is 0.441. The minimum Gasteiger partial charge on any atom is -0.299 e. The van der Waals surface area contributed by atoms with Crippen molar-refractivity contribution in [3.63, 3.8) is 0 Å². The van der Waals surface area contributed by atoms with Crippen LogP contribution < -0.4 is 0 Å². The van der Waals surface area contributed by atoms with Crippen molar-refractivity contribution in [1.82, 2.24) is 5.06 Å². The lowest BCUT2D eigenvalue weighted by Crippen LogP contribution is -2.26. The van der Waals surface area contributed by atoms with E-state index in [4.69, 9.17) is 4.84 Å². The predicted octanol–water partition coefficient (Wildman–Crippen LogP) is 1.09. The highest BCUT2D eigenvalue weighted by Gasteiger charge is 1.99. The third kappa shape index (κ3) is 2.99. The third-order valence-electron chi connectivity index (χ3n) is 1.02. The molecule has 8 heavy (non-hydrogen) atoms. The summed E-state index contributed by atoms with van der Waals surface area (Å²) in [4.78, 5) is 5.03. The van der Waals surface area contributed by atoms with Crippen LogP contribution in [-0.4, -0.2) is 24.8 Å². The molecule has 0 bridgehead atoms. The maximum Gasteiger partial charge on any atom is 0.0685 e. The first kappa shape index (κ1) is 7.92. The summed E-state index contributed by atoms with van der Waals surface area (Å²) in [5.41, 5.74) is 0. The Balaban J connectivity index is 3.17. The van der Waals surface area contributed by atoms with Gasteiger partial charge in [-0.15, -0.1) is 0 Å². The Labute approximate surface area is 51.4 Å². The quantitative estimate of drug-likeness (QED) is 0.512. The van der Waals surface area contributed by atoms with Crippen molar-refractivity contribution in [3.05, 3.63) is 6.92 Å². The van der Waals surface area contributed by atoms with Gasteiger partial charge in [-0.2, -0.15) is 5.06 Å². The van der Waals surface area contributed by atoms with Crippen LogP contribution >= 0.6 is 0 Å². The number of hydrogen-bond acceptors (Lipinski definition) is 2. The Bertz CT molecular complexity index is 54.5. The van der Waals surface area contributed by atoms with Crippen molar-refractivity contribution < 1.29 is 4.84 Å². The molecule has 0 N–H and O–H groups in total. The number of hydrogen-bond donors (Lipinski definition) is 0. The summed E-state index contributed by atoms with van der Waals surface area (Å²) < 4.78 is 0. The molecule has 0 amide bonds. The second-order valence-corrected chi connectivity index (χ2v) is 1.97. The highest BCUT2D eigenvalue weighted by Crippen LogP contribution is 1.92. The molecule has 0 aliphatic rings. The van der Waals surface area contributed by atoms with E-state index in [0.717, 1.165) is 0 Å². The molecular formula is C6H14NO. The summed E-state index contributed by atoms with van der Waals surface area (Å²) in [6.45, 7) is 8.18. The minimum absolute atomic E-state index is 0.441. The van der Waals surface area contributed by atoms with Gasteiger partial charge in [0.25, 0.3) is 0 Å². The molecule has 0 atom stereocenters. The zero-order chi connectivity index (χ0) is 6.57. The van der Waals surface area contributed by atoms with Crippen LogP contribution in [0.5, 0.6) is 0 Å². The van der Waals surface area contributed by atoms with E-state index in [1.807, 2.05) is 7.05 Å². The van der Waals surface area contributed by atoms with Crippen molar-refractivity contribution in [2.75, 3.05) is 13.7 Å². The summed E-state index contributed by atoms with van der Waals surface area (Å²) in [5.74, 6) is 0. The van der Waals surface area contributed by atoms with E-state index < -0.39 is 0 Å². The second kappa shape index (κ2) is 3.87. The second-order valence-electron chi connectivity index (χ2n) is 1.97. The Kier molecular flexibility index (Phi) is 3.83. The molecule has 0 aromatic carbocycles. The molecule has 0 unspecified atom stereocenters. The zero-order valence-electron chi connectivity index (χ0n) is 5.85. The average molecular weight is 116 g/mol. The highest BCUT2D eigenvalue weighted by molar-refractivity contribution is 4.43. The molecule has 49 valence electrons. The van der Waals surface area contributed by atoms with E-state index in [-0.39, 0.29) is 0 Å². The van der Waals surface area contributed by atoms with Crippen molar-refractivity contribution in [2.45, 2.75) is 19.9 Å². The van der Waals surface area contributed by atoms with Crippen molar-refractivity contribution in [2.24, 2.45) is 0 Å². The van der Waals surface area contributed by atoms with Crippen molar-refractivity contribution in [3.8, 4) is 0 Å². The summed E-state index contributed by atoms with van der Waals surface area (Å²) in [6.07, 6.45) is 0. The monoisotopic (exact) mass is 116 g/mol. The standard InChI is InChI=1S/C6H14NO/c1-5-8-7(4)6(2)3/h6H,1,5H2,2-4H3. The third-order valence-corrected chi connectivity index (χ3v) is 1.02. The normalized spacial score (nSPS) is 11.2. The smallest absolute Gasteiger partial charge is 0.0685 e. The molecule has 0 aromatic rings. The van der Waals surface area contributed by atoms with Crippen molar-refractivity contribution >= 4 is 0 Å². The molecule has 0 fully saturated rings. The topological polar surface area (TPSA) is 12.5 Å². The molecule has 1 radical (unpaired) electrons. The van der Waals surface area contributed by atoms with E-state index in [1.54, 1.807) is 5.06 Å².